The van der Waals surface area contributed by atoms with Gasteiger partial charge in [0, 0.05) is 30.3 Å². The zero-order chi connectivity index (χ0) is 19.4. The fourth-order valence-electron chi connectivity index (χ4n) is 2.93. The molecule has 2 aromatic rings. The highest BCUT2D eigenvalue weighted by Gasteiger charge is 2.18. The number of halogens is 1. The molecule has 1 aliphatic heterocycles. The molecule has 0 saturated heterocycles. The first kappa shape index (κ1) is 19.4. The second-order valence-corrected chi connectivity index (χ2v) is 7.34. The summed E-state index contributed by atoms with van der Waals surface area (Å²) in [6.45, 7) is 7.57. The summed E-state index contributed by atoms with van der Waals surface area (Å²) in [5, 5.41) is 3.33. The fourth-order valence-corrected chi connectivity index (χ4v) is 3.13. The predicted octanol–water partition coefficient (Wildman–Crippen LogP) is 4.66. The molecule has 0 unspecified atom stereocenters. The Hall–Kier alpha value is -2.40. The molecule has 0 radical (unpaired) electrons. The summed E-state index contributed by atoms with van der Waals surface area (Å²) in [5.41, 5.74) is 2.72. The average molecular weight is 389 g/mol. The highest BCUT2D eigenvalue weighted by atomic mass is 35.5. The molecule has 0 aromatic heterocycles. The van der Waals surface area contributed by atoms with Crippen LogP contribution in [0.15, 0.2) is 36.4 Å². The lowest BCUT2D eigenvalue weighted by Crippen LogP contribution is -2.38. The molecule has 2 aromatic carbocycles. The van der Waals surface area contributed by atoms with Crippen LogP contribution in [0.5, 0.6) is 11.5 Å². The Labute approximate surface area is 165 Å². The van der Waals surface area contributed by atoms with Gasteiger partial charge in [-0.2, -0.15) is 0 Å². The van der Waals surface area contributed by atoms with E-state index in [9.17, 15) is 4.79 Å². The first-order chi connectivity index (χ1) is 12.9. The molecule has 1 heterocycles. The largest absolute Gasteiger partial charge is 0.490 e. The number of hydrogen-bond acceptors (Lipinski definition) is 4. The number of benzene rings is 2. The first-order valence-electron chi connectivity index (χ1n) is 9.16. The number of hydrogen-bond donors (Lipinski definition) is 1. The lowest BCUT2D eigenvalue weighted by Gasteiger charge is -2.28. The molecule has 0 saturated carbocycles. The summed E-state index contributed by atoms with van der Waals surface area (Å²) in [6.07, 6.45) is 0.813. The van der Waals surface area contributed by atoms with E-state index in [1.807, 2.05) is 36.1 Å². The van der Waals surface area contributed by atoms with Crippen molar-refractivity contribution in [3.05, 3.63) is 47.0 Å². The number of aryl methyl sites for hydroxylation is 1. The minimum Gasteiger partial charge on any atom is -0.490 e. The molecule has 6 heteroatoms. The maximum absolute atomic E-state index is 12.7. The minimum absolute atomic E-state index is 0.138. The molecule has 0 fully saturated rings. The second-order valence-electron chi connectivity index (χ2n) is 6.93. The Morgan fingerprint density at radius 1 is 1.15 bits per heavy atom. The fraction of sp³-hybridized carbons (Fsp3) is 0.381. The smallest absolute Gasteiger partial charge is 0.243 e. The van der Waals surface area contributed by atoms with Crippen molar-refractivity contribution in [2.24, 2.45) is 0 Å². The Kier molecular flexibility index (Phi) is 6.11. The van der Waals surface area contributed by atoms with E-state index in [1.54, 1.807) is 12.1 Å². The van der Waals surface area contributed by atoms with Crippen LogP contribution in [0, 0.1) is 6.92 Å². The monoisotopic (exact) mass is 388 g/mol. The molecular weight excluding hydrogens is 364 g/mol. The summed E-state index contributed by atoms with van der Waals surface area (Å²) in [5.74, 6) is 1.08. The number of amides is 1. The van der Waals surface area contributed by atoms with Crippen LogP contribution in [-0.2, 0) is 4.79 Å². The van der Waals surface area contributed by atoms with Crippen LogP contribution in [0.25, 0.3) is 0 Å². The van der Waals surface area contributed by atoms with Crippen molar-refractivity contribution < 1.29 is 14.3 Å². The van der Waals surface area contributed by atoms with Gasteiger partial charge in [-0.1, -0.05) is 29.3 Å². The highest BCUT2D eigenvalue weighted by Crippen LogP contribution is 2.37. The molecule has 27 heavy (non-hydrogen) atoms. The minimum atomic E-state index is -0.138. The van der Waals surface area contributed by atoms with Gasteiger partial charge in [0.15, 0.2) is 11.5 Å². The molecule has 0 aliphatic carbocycles. The van der Waals surface area contributed by atoms with Crippen LogP contribution in [-0.4, -0.2) is 31.7 Å². The quantitative estimate of drug-likeness (QED) is 0.809. The summed E-state index contributed by atoms with van der Waals surface area (Å²) in [6, 6.07) is 11.8. The van der Waals surface area contributed by atoms with Gasteiger partial charge in [0.2, 0.25) is 5.91 Å². The van der Waals surface area contributed by atoms with Gasteiger partial charge in [0.25, 0.3) is 0 Å². The molecular formula is C21H25ClN2O3. The number of anilines is 2. The molecule has 1 N–H and O–H groups in total. The van der Waals surface area contributed by atoms with Crippen LogP contribution in [0.2, 0.25) is 5.02 Å². The zero-order valence-electron chi connectivity index (χ0n) is 15.9. The number of nitrogens with one attached hydrogen (secondary N) is 1. The Morgan fingerprint density at radius 2 is 1.78 bits per heavy atom. The van der Waals surface area contributed by atoms with Gasteiger partial charge in [-0.25, -0.2) is 0 Å². The van der Waals surface area contributed by atoms with Crippen molar-refractivity contribution in [2.45, 2.75) is 33.2 Å². The SMILES string of the molecule is Cc1ccc(N(CC(=O)Nc2cc3c(cc2Cl)OCCCO3)C(C)C)cc1. The van der Waals surface area contributed by atoms with Crippen LogP contribution in [0.3, 0.4) is 0 Å². The summed E-state index contributed by atoms with van der Waals surface area (Å²) >= 11 is 6.33. The maximum atomic E-state index is 12.7. The molecule has 0 spiro atoms. The molecule has 5 nitrogen and oxygen atoms in total. The third-order valence-corrected chi connectivity index (χ3v) is 4.73. The molecule has 3 rings (SSSR count). The standard InChI is InChI=1S/C21H25ClN2O3/c1-14(2)24(16-7-5-15(3)6-8-16)13-21(25)23-18-12-20-19(11-17(18)22)26-9-4-10-27-20/h5-8,11-12,14H,4,9-10,13H2,1-3H3,(H,23,25). The van der Waals surface area contributed by atoms with E-state index in [0.29, 0.717) is 35.4 Å². The first-order valence-corrected chi connectivity index (χ1v) is 9.54. The van der Waals surface area contributed by atoms with Crippen molar-refractivity contribution in [1.82, 2.24) is 0 Å². The third-order valence-electron chi connectivity index (χ3n) is 4.41. The Morgan fingerprint density at radius 3 is 2.41 bits per heavy atom. The van der Waals surface area contributed by atoms with Gasteiger partial charge >= 0.3 is 0 Å². The zero-order valence-corrected chi connectivity index (χ0v) is 16.7. The van der Waals surface area contributed by atoms with Crippen molar-refractivity contribution >= 4 is 28.9 Å². The lowest BCUT2D eigenvalue weighted by atomic mass is 10.2. The number of carbonyl (C=O) groups excluding carboxylic acids is 1. The van der Waals surface area contributed by atoms with E-state index in [2.05, 4.69) is 19.2 Å². The summed E-state index contributed by atoms with van der Waals surface area (Å²) in [4.78, 5) is 14.7. The van der Waals surface area contributed by atoms with E-state index < -0.39 is 0 Å². The second kappa shape index (κ2) is 8.53. The van der Waals surface area contributed by atoms with Gasteiger partial charge < -0.3 is 19.7 Å². The Balaban J connectivity index is 1.74. The molecule has 144 valence electrons. The van der Waals surface area contributed by atoms with E-state index >= 15 is 0 Å². The van der Waals surface area contributed by atoms with Crippen LogP contribution >= 0.6 is 11.6 Å². The number of nitrogens with zero attached hydrogens (tertiary/aromatic N) is 1. The molecule has 1 amide bonds. The topological polar surface area (TPSA) is 50.8 Å². The van der Waals surface area contributed by atoms with Crippen molar-refractivity contribution in [3.63, 3.8) is 0 Å². The number of rotatable bonds is 5. The molecule has 0 atom stereocenters. The normalized spacial score (nSPS) is 13.2. The van der Waals surface area contributed by atoms with Crippen LogP contribution < -0.4 is 19.7 Å². The van der Waals surface area contributed by atoms with Gasteiger partial charge in [-0.05, 0) is 32.9 Å². The van der Waals surface area contributed by atoms with Gasteiger partial charge in [0.05, 0.1) is 30.5 Å². The third kappa shape index (κ3) is 4.86. The van der Waals surface area contributed by atoms with Crippen LogP contribution in [0.4, 0.5) is 11.4 Å². The van der Waals surface area contributed by atoms with Crippen molar-refractivity contribution in [1.29, 1.82) is 0 Å². The Bertz CT molecular complexity index is 806. The number of carbonyl (C=O) groups is 1. The van der Waals surface area contributed by atoms with E-state index in [-0.39, 0.29) is 18.5 Å². The highest BCUT2D eigenvalue weighted by molar-refractivity contribution is 6.34. The van der Waals surface area contributed by atoms with Crippen LogP contribution in [0.1, 0.15) is 25.8 Å². The maximum Gasteiger partial charge on any atom is 0.243 e. The number of fused-ring (bicyclic) bond motifs is 1. The van der Waals surface area contributed by atoms with Gasteiger partial charge in [0.1, 0.15) is 0 Å². The summed E-state index contributed by atoms with van der Waals surface area (Å²) < 4.78 is 11.3. The van der Waals surface area contributed by atoms with Gasteiger partial charge in [-0.3, -0.25) is 4.79 Å². The predicted molar refractivity (Wildman–Crippen MR) is 109 cm³/mol. The number of ether oxygens (including phenoxy) is 2. The van der Waals surface area contributed by atoms with Crippen molar-refractivity contribution in [3.8, 4) is 11.5 Å². The van der Waals surface area contributed by atoms with E-state index in [4.69, 9.17) is 21.1 Å². The molecule has 0 bridgehead atoms. The van der Waals surface area contributed by atoms with Gasteiger partial charge in [-0.15, -0.1) is 0 Å². The average Bonchev–Trinajstić information content (AvgIpc) is 2.85. The van der Waals surface area contributed by atoms with E-state index in [1.165, 1.54) is 5.56 Å². The molecule has 1 aliphatic rings. The summed E-state index contributed by atoms with van der Waals surface area (Å²) in [7, 11) is 0. The van der Waals surface area contributed by atoms with Crippen molar-refractivity contribution in [2.75, 3.05) is 30.0 Å². The van der Waals surface area contributed by atoms with E-state index in [0.717, 1.165) is 12.1 Å². The lowest BCUT2D eigenvalue weighted by molar-refractivity contribution is -0.115.